The maximum absolute atomic E-state index is 13.9. The largest absolute Gasteiger partial charge is 0.203 e. The molecule has 1 fully saturated rings. The third-order valence-electron chi connectivity index (χ3n) is 4.05. The molecule has 0 aliphatic heterocycles. The lowest BCUT2D eigenvalue weighted by Gasteiger charge is -2.29. The normalized spacial score (nSPS) is 24.2. The summed E-state index contributed by atoms with van der Waals surface area (Å²) in [5, 5.41) is 0. The molecular formula is C15H19BrF2. The van der Waals surface area contributed by atoms with Gasteiger partial charge in [-0.2, -0.15) is 0 Å². The van der Waals surface area contributed by atoms with Gasteiger partial charge in [0, 0.05) is 0 Å². The molecule has 0 amide bonds. The van der Waals surface area contributed by atoms with Crippen molar-refractivity contribution in [3.8, 4) is 0 Å². The van der Waals surface area contributed by atoms with Crippen molar-refractivity contribution >= 4 is 15.9 Å². The molecule has 0 atom stereocenters. The van der Waals surface area contributed by atoms with Crippen LogP contribution in [0.15, 0.2) is 16.6 Å². The highest BCUT2D eigenvalue weighted by molar-refractivity contribution is 9.10. The third-order valence-corrected chi connectivity index (χ3v) is 4.66. The van der Waals surface area contributed by atoms with E-state index < -0.39 is 11.6 Å². The van der Waals surface area contributed by atoms with Gasteiger partial charge >= 0.3 is 0 Å². The molecule has 18 heavy (non-hydrogen) atoms. The second kappa shape index (κ2) is 6.14. The summed E-state index contributed by atoms with van der Waals surface area (Å²) < 4.78 is 27.6. The van der Waals surface area contributed by atoms with Crippen LogP contribution in [-0.2, 0) is 0 Å². The number of benzene rings is 1. The van der Waals surface area contributed by atoms with E-state index in [0.717, 1.165) is 31.6 Å². The van der Waals surface area contributed by atoms with Crippen LogP contribution in [0.5, 0.6) is 0 Å². The van der Waals surface area contributed by atoms with Crippen LogP contribution in [0.25, 0.3) is 0 Å². The molecule has 0 nitrogen and oxygen atoms in total. The van der Waals surface area contributed by atoms with Gasteiger partial charge in [0.05, 0.1) is 4.47 Å². The molecule has 0 heterocycles. The van der Waals surface area contributed by atoms with Gasteiger partial charge in [0.1, 0.15) is 0 Å². The van der Waals surface area contributed by atoms with E-state index in [4.69, 9.17) is 0 Å². The average molecular weight is 317 g/mol. The van der Waals surface area contributed by atoms with Crippen LogP contribution >= 0.6 is 15.9 Å². The van der Waals surface area contributed by atoms with Gasteiger partial charge in [-0.15, -0.1) is 0 Å². The topological polar surface area (TPSA) is 0 Å². The van der Waals surface area contributed by atoms with Crippen molar-refractivity contribution in [2.75, 3.05) is 0 Å². The van der Waals surface area contributed by atoms with E-state index in [1.54, 1.807) is 12.1 Å². The van der Waals surface area contributed by atoms with Crippen LogP contribution in [0.1, 0.15) is 56.9 Å². The second-order valence-corrected chi connectivity index (χ2v) is 6.13. The lowest BCUT2D eigenvalue weighted by atomic mass is 9.77. The molecule has 1 aromatic rings. The molecular weight excluding hydrogens is 298 g/mol. The van der Waals surface area contributed by atoms with E-state index in [-0.39, 0.29) is 10.4 Å². The van der Waals surface area contributed by atoms with Crippen molar-refractivity contribution in [1.82, 2.24) is 0 Å². The Labute approximate surface area is 116 Å². The minimum absolute atomic E-state index is 0.195. The van der Waals surface area contributed by atoms with Crippen molar-refractivity contribution < 1.29 is 8.78 Å². The third kappa shape index (κ3) is 2.93. The summed E-state index contributed by atoms with van der Waals surface area (Å²) in [7, 11) is 0. The minimum atomic E-state index is -0.747. The fraction of sp³-hybridized carbons (Fsp3) is 0.600. The van der Waals surface area contributed by atoms with Crippen LogP contribution in [0.4, 0.5) is 8.78 Å². The highest BCUT2D eigenvalue weighted by Crippen LogP contribution is 2.39. The van der Waals surface area contributed by atoms with Gasteiger partial charge in [-0.3, -0.25) is 0 Å². The molecule has 0 saturated heterocycles. The van der Waals surface area contributed by atoms with Crippen molar-refractivity contribution in [3.63, 3.8) is 0 Å². The molecule has 3 heteroatoms. The van der Waals surface area contributed by atoms with Gasteiger partial charge in [0.25, 0.3) is 0 Å². The molecule has 1 aliphatic carbocycles. The Bertz CT molecular complexity index is 409. The quantitative estimate of drug-likeness (QED) is 0.618. The molecule has 1 saturated carbocycles. The van der Waals surface area contributed by atoms with Crippen molar-refractivity contribution in [3.05, 3.63) is 33.8 Å². The molecule has 0 radical (unpaired) electrons. The standard InChI is InChI=1S/C15H19BrF2/c1-2-3-10-4-6-11(7-5-10)12-8-9-13(16)15(18)14(12)17/h8-11H,2-7H2,1H3. The Morgan fingerprint density at radius 1 is 1.11 bits per heavy atom. The molecule has 2 rings (SSSR count). The lowest BCUT2D eigenvalue weighted by Crippen LogP contribution is -2.14. The number of hydrogen-bond donors (Lipinski definition) is 0. The highest BCUT2D eigenvalue weighted by atomic mass is 79.9. The first-order chi connectivity index (χ1) is 8.63. The molecule has 0 N–H and O–H groups in total. The zero-order valence-corrected chi connectivity index (χ0v) is 12.3. The summed E-state index contributed by atoms with van der Waals surface area (Å²) in [5.41, 5.74) is 0.561. The van der Waals surface area contributed by atoms with E-state index in [2.05, 4.69) is 22.9 Å². The average Bonchev–Trinajstić information content (AvgIpc) is 2.38. The maximum atomic E-state index is 13.9. The molecule has 0 aromatic heterocycles. The first kappa shape index (κ1) is 14.0. The van der Waals surface area contributed by atoms with Crippen LogP contribution < -0.4 is 0 Å². The SMILES string of the molecule is CCCC1CCC(c2ccc(Br)c(F)c2F)CC1. The van der Waals surface area contributed by atoms with Gasteiger partial charge in [0.2, 0.25) is 0 Å². The van der Waals surface area contributed by atoms with Gasteiger partial charge < -0.3 is 0 Å². The Balaban J connectivity index is 2.08. The summed E-state index contributed by atoms with van der Waals surface area (Å²) in [4.78, 5) is 0. The van der Waals surface area contributed by atoms with Crippen molar-refractivity contribution in [2.45, 2.75) is 51.4 Å². The smallest absolute Gasteiger partial charge is 0.173 e. The molecule has 100 valence electrons. The summed E-state index contributed by atoms with van der Waals surface area (Å²) in [6.45, 7) is 2.20. The van der Waals surface area contributed by atoms with E-state index in [0.29, 0.717) is 5.56 Å². The van der Waals surface area contributed by atoms with E-state index in [9.17, 15) is 8.78 Å². The summed E-state index contributed by atoms with van der Waals surface area (Å²) >= 11 is 3.02. The zero-order valence-electron chi connectivity index (χ0n) is 10.7. The van der Waals surface area contributed by atoms with Gasteiger partial charge in [0.15, 0.2) is 11.6 Å². The Kier molecular flexibility index (Phi) is 4.77. The predicted octanol–water partition coefficient (Wildman–Crippen LogP) is 5.80. The van der Waals surface area contributed by atoms with Gasteiger partial charge in [-0.1, -0.05) is 25.8 Å². The summed E-state index contributed by atoms with van der Waals surface area (Å²) in [6, 6.07) is 3.35. The number of rotatable bonds is 3. The Morgan fingerprint density at radius 3 is 2.39 bits per heavy atom. The van der Waals surface area contributed by atoms with E-state index in [1.165, 1.54) is 12.8 Å². The van der Waals surface area contributed by atoms with E-state index >= 15 is 0 Å². The van der Waals surface area contributed by atoms with Crippen LogP contribution in [0.2, 0.25) is 0 Å². The van der Waals surface area contributed by atoms with Crippen LogP contribution in [0, 0.1) is 17.6 Å². The molecule has 1 aliphatic rings. The molecule has 1 aromatic carbocycles. The zero-order chi connectivity index (χ0) is 13.1. The Morgan fingerprint density at radius 2 is 1.78 bits per heavy atom. The second-order valence-electron chi connectivity index (χ2n) is 5.27. The Hall–Kier alpha value is -0.440. The van der Waals surface area contributed by atoms with Crippen molar-refractivity contribution in [2.24, 2.45) is 5.92 Å². The van der Waals surface area contributed by atoms with Crippen LogP contribution in [0.3, 0.4) is 0 Å². The lowest BCUT2D eigenvalue weighted by molar-refractivity contribution is 0.303. The monoisotopic (exact) mass is 316 g/mol. The maximum Gasteiger partial charge on any atom is 0.173 e. The molecule has 0 unspecified atom stereocenters. The first-order valence-corrected chi connectivity index (χ1v) is 7.56. The molecule has 0 bridgehead atoms. The summed E-state index contributed by atoms with van der Waals surface area (Å²) in [5.74, 6) is -0.429. The van der Waals surface area contributed by atoms with Crippen molar-refractivity contribution in [1.29, 1.82) is 0 Å². The van der Waals surface area contributed by atoms with E-state index in [1.807, 2.05) is 0 Å². The van der Waals surface area contributed by atoms with Gasteiger partial charge in [-0.25, -0.2) is 8.78 Å². The number of halogens is 3. The highest BCUT2D eigenvalue weighted by Gasteiger charge is 2.25. The minimum Gasteiger partial charge on any atom is -0.203 e. The van der Waals surface area contributed by atoms with Gasteiger partial charge in [-0.05, 0) is 65.1 Å². The van der Waals surface area contributed by atoms with Crippen LogP contribution in [-0.4, -0.2) is 0 Å². The first-order valence-electron chi connectivity index (χ1n) is 6.76. The number of hydrogen-bond acceptors (Lipinski definition) is 0. The molecule has 0 spiro atoms. The fourth-order valence-corrected chi connectivity index (χ4v) is 3.33. The predicted molar refractivity (Wildman–Crippen MR) is 73.7 cm³/mol. The summed E-state index contributed by atoms with van der Waals surface area (Å²) in [6.07, 6.45) is 6.76. The fourth-order valence-electron chi connectivity index (χ4n) is 3.03.